The number of carbonyl (C=O) groups is 4. The van der Waals surface area contributed by atoms with E-state index in [4.69, 9.17) is 9.47 Å². The molecule has 4 amide bonds. The van der Waals surface area contributed by atoms with Gasteiger partial charge in [0, 0.05) is 47.2 Å². The van der Waals surface area contributed by atoms with Gasteiger partial charge in [-0.15, -0.1) is 0 Å². The SMILES string of the molecule is CC(C)(C)OC(=O)NCCCC[C@H](NC(=O)[C@H](CC1CCCCC1)NC(=O)OCCc1c[nH]c2ccccc12)C(=O)Nc1ccc2c(C(F)(F)F)cc(=O)[nH]c2c1. The number of ether oxygens (including phenoxy) is 2. The molecule has 16 heteroatoms. The van der Waals surface area contributed by atoms with Crippen LogP contribution in [-0.4, -0.2) is 64.8 Å². The minimum absolute atomic E-state index is 0.0648. The smallest absolute Gasteiger partial charge is 0.417 e. The molecule has 4 aromatic rings. The number of hydrogen-bond acceptors (Lipinski definition) is 7. The highest BCUT2D eigenvalue weighted by atomic mass is 19.4. The first-order valence-electron chi connectivity index (χ1n) is 19.4. The summed E-state index contributed by atoms with van der Waals surface area (Å²) in [5, 5.41) is 11.6. The maximum Gasteiger partial charge on any atom is 0.417 e. The van der Waals surface area contributed by atoms with Crippen molar-refractivity contribution < 1.29 is 41.8 Å². The zero-order valence-corrected chi connectivity index (χ0v) is 32.4. The summed E-state index contributed by atoms with van der Waals surface area (Å²) in [6.45, 7) is 5.51. The lowest BCUT2D eigenvalue weighted by Crippen LogP contribution is -2.53. The second kappa shape index (κ2) is 19.1. The summed E-state index contributed by atoms with van der Waals surface area (Å²) in [7, 11) is 0. The number of para-hydroxylation sites is 1. The van der Waals surface area contributed by atoms with Crippen molar-refractivity contribution in [1.29, 1.82) is 0 Å². The van der Waals surface area contributed by atoms with Crippen molar-refractivity contribution in [3.05, 3.63) is 76.2 Å². The molecule has 0 saturated heterocycles. The van der Waals surface area contributed by atoms with Crippen molar-refractivity contribution >= 4 is 51.5 Å². The van der Waals surface area contributed by atoms with E-state index in [0.717, 1.165) is 54.6 Å². The summed E-state index contributed by atoms with van der Waals surface area (Å²) in [6.07, 6.45) is 2.23. The van der Waals surface area contributed by atoms with E-state index in [1.54, 1.807) is 20.8 Å². The molecule has 0 spiro atoms. The Kier molecular flexibility index (Phi) is 14.3. The first-order chi connectivity index (χ1) is 27.1. The maximum atomic E-state index is 14.0. The average Bonchev–Trinajstić information content (AvgIpc) is 3.55. The van der Waals surface area contributed by atoms with Crippen molar-refractivity contribution in [1.82, 2.24) is 25.9 Å². The average molecular weight is 797 g/mol. The number of H-pyrrole nitrogens is 2. The number of alkyl carbamates (subject to hydrolysis) is 2. The molecule has 5 rings (SSSR count). The number of carbonyl (C=O) groups excluding carboxylic acids is 4. The van der Waals surface area contributed by atoms with E-state index in [2.05, 4.69) is 31.2 Å². The Morgan fingerprint density at radius 2 is 1.61 bits per heavy atom. The maximum absolute atomic E-state index is 14.0. The zero-order chi connectivity index (χ0) is 41.2. The van der Waals surface area contributed by atoms with E-state index in [1.165, 1.54) is 12.1 Å². The molecule has 1 saturated carbocycles. The first-order valence-corrected chi connectivity index (χ1v) is 19.4. The van der Waals surface area contributed by atoms with Crippen LogP contribution in [0.4, 0.5) is 28.4 Å². The number of pyridine rings is 1. The number of halogens is 3. The molecule has 0 unspecified atom stereocenters. The Labute approximate surface area is 328 Å². The highest BCUT2D eigenvalue weighted by Gasteiger charge is 2.34. The molecule has 1 fully saturated rings. The predicted molar refractivity (Wildman–Crippen MR) is 210 cm³/mol. The molecule has 0 bridgehead atoms. The summed E-state index contributed by atoms with van der Waals surface area (Å²) in [5.41, 5.74) is -0.874. The first kappa shape index (κ1) is 42.6. The lowest BCUT2D eigenvalue weighted by Gasteiger charge is -2.28. The van der Waals surface area contributed by atoms with Crippen molar-refractivity contribution in [2.75, 3.05) is 18.5 Å². The third-order valence-corrected chi connectivity index (χ3v) is 9.82. The van der Waals surface area contributed by atoms with Crippen LogP contribution in [0.3, 0.4) is 0 Å². The molecule has 0 radical (unpaired) electrons. The van der Waals surface area contributed by atoms with Crippen LogP contribution in [0.5, 0.6) is 0 Å². The molecular weight excluding hydrogens is 745 g/mol. The van der Waals surface area contributed by atoms with Crippen molar-refractivity contribution in [2.45, 2.75) is 109 Å². The summed E-state index contributed by atoms with van der Waals surface area (Å²) in [4.78, 5) is 70.7. The van der Waals surface area contributed by atoms with E-state index in [9.17, 15) is 37.1 Å². The van der Waals surface area contributed by atoms with Crippen LogP contribution in [-0.2, 0) is 31.7 Å². The number of benzene rings is 2. The Morgan fingerprint density at radius 3 is 2.35 bits per heavy atom. The Bertz CT molecular complexity index is 2080. The number of rotatable bonds is 15. The highest BCUT2D eigenvalue weighted by molar-refractivity contribution is 5.99. The topological polar surface area (TPSA) is 184 Å². The van der Waals surface area contributed by atoms with Gasteiger partial charge in [0.15, 0.2) is 0 Å². The van der Waals surface area contributed by atoms with E-state index in [1.807, 2.05) is 30.5 Å². The van der Waals surface area contributed by atoms with Crippen LogP contribution in [0.1, 0.15) is 89.7 Å². The largest absolute Gasteiger partial charge is 0.449 e. The molecule has 2 aromatic carbocycles. The molecule has 6 N–H and O–H groups in total. The lowest BCUT2D eigenvalue weighted by molar-refractivity contribution is -0.136. The summed E-state index contributed by atoms with van der Waals surface area (Å²) < 4.78 is 51.8. The van der Waals surface area contributed by atoms with Gasteiger partial charge in [-0.2, -0.15) is 13.2 Å². The molecule has 2 heterocycles. The number of aromatic amines is 2. The minimum Gasteiger partial charge on any atom is -0.449 e. The number of anilines is 1. The van der Waals surface area contributed by atoms with Crippen molar-refractivity contribution in [3.8, 4) is 0 Å². The number of aromatic nitrogens is 2. The highest BCUT2D eigenvalue weighted by Crippen LogP contribution is 2.34. The molecular formula is C41H51F3N6O7. The van der Waals surface area contributed by atoms with Crippen LogP contribution >= 0.6 is 0 Å². The number of nitrogens with one attached hydrogen (secondary N) is 6. The van der Waals surface area contributed by atoms with Gasteiger partial charge in [-0.05, 0) is 76.1 Å². The number of amides is 4. The summed E-state index contributed by atoms with van der Waals surface area (Å²) >= 11 is 0. The van der Waals surface area contributed by atoms with Gasteiger partial charge in [0.2, 0.25) is 17.4 Å². The second-order valence-corrected chi connectivity index (χ2v) is 15.5. The van der Waals surface area contributed by atoms with E-state index >= 15 is 0 Å². The molecule has 13 nitrogen and oxygen atoms in total. The molecule has 2 aromatic heterocycles. The molecule has 2 atom stereocenters. The van der Waals surface area contributed by atoms with Crippen LogP contribution in [0, 0.1) is 5.92 Å². The number of alkyl halides is 3. The summed E-state index contributed by atoms with van der Waals surface area (Å²) in [5.74, 6) is -1.11. The molecule has 0 aliphatic heterocycles. The number of fused-ring (bicyclic) bond motifs is 2. The summed E-state index contributed by atoms with van der Waals surface area (Å²) in [6, 6.07) is 9.71. The predicted octanol–water partition coefficient (Wildman–Crippen LogP) is 7.45. The fraction of sp³-hybridized carbons (Fsp3) is 0.488. The van der Waals surface area contributed by atoms with Crippen molar-refractivity contribution in [2.24, 2.45) is 5.92 Å². The third-order valence-electron chi connectivity index (χ3n) is 9.82. The number of unbranched alkanes of at least 4 members (excludes halogenated alkanes) is 1. The van der Waals surface area contributed by atoms with Gasteiger partial charge in [0.25, 0.3) is 0 Å². The lowest BCUT2D eigenvalue weighted by atomic mass is 9.84. The van der Waals surface area contributed by atoms with Gasteiger partial charge in [-0.1, -0.05) is 56.4 Å². The Morgan fingerprint density at radius 1 is 0.860 bits per heavy atom. The monoisotopic (exact) mass is 796 g/mol. The Hall–Kier alpha value is -5.54. The molecule has 57 heavy (non-hydrogen) atoms. The zero-order valence-electron chi connectivity index (χ0n) is 32.4. The van der Waals surface area contributed by atoms with Gasteiger partial charge in [-0.25, -0.2) is 9.59 Å². The van der Waals surface area contributed by atoms with Gasteiger partial charge in [0.1, 0.15) is 17.7 Å². The fourth-order valence-electron chi connectivity index (χ4n) is 7.08. The van der Waals surface area contributed by atoms with Gasteiger partial charge in [-0.3, -0.25) is 14.4 Å². The quantitative estimate of drug-likeness (QED) is 0.0675. The third kappa shape index (κ3) is 12.7. The molecule has 1 aliphatic rings. The van der Waals surface area contributed by atoms with Crippen LogP contribution in [0.2, 0.25) is 0 Å². The van der Waals surface area contributed by atoms with Crippen molar-refractivity contribution in [3.63, 3.8) is 0 Å². The normalized spacial score (nSPS) is 14.8. The minimum atomic E-state index is -4.78. The standard InChI is InChI=1S/C41H51F3N6O7/c1-40(2,3)57-38(54)45-19-10-9-15-32(36(52)47-27-16-17-29-30(41(42,43)44)23-35(51)48-33(29)22-27)49-37(53)34(21-25-11-5-4-6-12-25)50-39(55)56-20-18-26-24-46-31-14-8-7-13-28(26)31/h7-8,13-14,16-17,22-25,32,34,46H,4-6,9-12,15,18-21H2,1-3H3,(H,45,54)(H,47,52)(H,48,51)(H,49,53)(H,50,55)/t32-,34-/m0/s1. The van der Waals surface area contributed by atoms with E-state index in [-0.39, 0.29) is 42.1 Å². The Balaban J connectivity index is 1.28. The number of hydrogen-bond donors (Lipinski definition) is 6. The van der Waals surface area contributed by atoms with E-state index < -0.39 is 59.0 Å². The molecule has 1 aliphatic carbocycles. The fourth-order valence-corrected chi connectivity index (χ4v) is 7.08. The van der Waals surface area contributed by atoms with Crippen LogP contribution in [0.25, 0.3) is 21.8 Å². The molecule has 308 valence electrons. The van der Waals surface area contributed by atoms with Gasteiger partial charge >= 0.3 is 18.4 Å². The van der Waals surface area contributed by atoms with Gasteiger partial charge < -0.3 is 40.7 Å². The van der Waals surface area contributed by atoms with E-state index in [0.29, 0.717) is 31.7 Å². The second-order valence-electron chi connectivity index (χ2n) is 15.5. The van der Waals surface area contributed by atoms with Crippen LogP contribution < -0.4 is 26.8 Å². The van der Waals surface area contributed by atoms with Crippen LogP contribution in [0.15, 0.2) is 59.5 Å². The van der Waals surface area contributed by atoms with Gasteiger partial charge in [0.05, 0.1) is 17.7 Å².